The van der Waals surface area contributed by atoms with E-state index >= 15 is 0 Å². The average molecular weight is 257 g/mol. The molecule has 0 unspecified atom stereocenters. The Morgan fingerprint density at radius 3 is 2.43 bits per heavy atom. The van der Waals surface area contributed by atoms with E-state index in [2.05, 4.69) is 40.2 Å². The van der Waals surface area contributed by atoms with Gasteiger partial charge in [-0.15, -0.1) is 0 Å². The summed E-state index contributed by atoms with van der Waals surface area (Å²) in [6.45, 7) is 1.85. The molecule has 0 saturated carbocycles. The van der Waals surface area contributed by atoms with Crippen LogP contribution in [0.4, 0.5) is 0 Å². The standard InChI is InChI=1S/C12H17BrO/c1-10(14)4-2-3-5-11-6-8-12(13)9-7-11/h6-10,14H,2-5H2,1H3/t10-/m0/s1. The maximum atomic E-state index is 9.08. The minimum absolute atomic E-state index is 0.153. The molecule has 0 aliphatic rings. The third kappa shape index (κ3) is 4.77. The van der Waals surface area contributed by atoms with Gasteiger partial charge >= 0.3 is 0 Å². The number of unbranched alkanes of at least 4 members (excludes halogenated alkanes) is 1. The summed E-state index contributed by atoms with van der Waals surface area (Å²) >= 11 is 3.41. The minimum Gasteiger partial charge on any atom is -0.393 e. The lowest BCUT2D eigenvalue weighted by atomic mass is 10.1. The summed E-state index contributed by atoms with van der Waals surface area (Å²) in [5.41, 5.74) is 1.37. The van der Waals surface area contributed by atoms with Crippen molar-refractivity contribution in [3.63, 3.8) is 0 Å². The van der Waals surface area contributed by atoms with Crippen LogP contribution in [0.25, 0.3) is 0 Å². The van der Waals surface area contributed by atoms with E-state index in [9.17, 15) is 0 Å². The summed E-state index contributed by atoms with van der Waals surface area (Å²) in [5, 5.41) is 9.08. The molecule has 78 valence electrons. The topological polar surface area (TPSA) is 20.2 Å². The average Bonchev–Trinajstić information content (AvgIpc) is 2.15. The van der Waals surface area contributed by atoms with E-state index < -0.39 is 0 Å². The van der Waals surface area contributed by atoms with Crippen LogP contribution in [-0.4, -0.2) is 11.2 Å². The van der Waals surface area contributed by atoms with Gasteiger partial charge in [-0.2, -0.15) is 0 Å². The van der Waals surface area contributed by atoms with Crippen molar-refractivity contribution < 1.29 is 5.11 Å². The number of halogens is 1. The third-order valence-electron chi connectivity index (χ3n) is 2.25. The Hall–Kier alpha value is -0.340. The molecule has 1 aromatic carbocycles. The van der Waals surface area contributed by atoms with Crippen LogP contribution in [0, 0.1) is 0 Å². The van der Waals surface area contributed by atoms with Gasteiger partial charge in [0, 0.05) is 4.47 Å². The van der Waals surface area contributed by atoms with Crippen molar-refractivity contribution in [3.8, 4) is 0 Å². The van der Waals surface area contributed by atoms with Gasteiger partial charge in [0.05, 0.1) is 6.10 Å². The van der Waals surface area contributed by atoms with E-state index in [1.54, 1.807) is 0 Å². The largest absolute Gasteiger partial charge is 0.393 e. The van der Waals surface area contributed by atoms with Crippen LogP contribution in [-0.2, 0) is 6.42 Å². The van der Waals surface area contributed by atoms with Crippen molar-refractivity contribution in [3.05, 3.63) is 34.3 Å². The van der Waals surface area contributed by atoms with E-state index in [-0.39, 0.29) is 6.10 Å². The molecule has 0 fully saturated rings. The minimum atomic E-state index is -0.153. The zero-order valence-electron chi connectivity index (χ0n) is 8.54. The van der Waals surface area contributed by atoms with Gasteiger partial charge in [0.25, 0.3) is 0 Å². The Morgan fingerprint density at radius 1 is 1.21 bits per heavy atom. The molecule has 0 amide bonds. The third-order valence-corrected chi connectivity index (χ3v) is 2.78. The van der Waals surface area contributed by atoms with E-state index in [0.717, 1.165) is 30.2 Å². The predicted molar refractivity (Wildman–Crippen MR) is 63.4 cm³/mol. The van der Waals surface area contributed by atoms with Crippen molar-refractivity contribution in [2.75, 3.05) is 0 Å². The highest BCUT2D eigenvalue weighted by molar-refractivity contribution is 9.10. The molecule has 0 spiro atoms. The fourth-order valence-electron chi connectivity index (χ4n) is 1.42. The maximum Gasteiger partial charge on any atom is 0.0512 e. The zero-order chi connectivity index (χ0) is 10.4. The summed E-state index contributed by atoms with van der Waals surface area (Å²) < 4.78 is 1.13. The first-order valence-electron chi connectivity index (χ1n) is 5.11. The fourth-order valence-corrected chi connectivity index (χ4v) is 1.68. The molecule has 14 heavy (non-hydrogen) atoms. The summed E-state index contributed by atoms with van der Waals surface area (Å²) in [7, 11) is 0. The number of benzene rings is 1. The number of aliphatic hydroxyl groups is 1. The van der Waals surface area contributed by atoms with Crippen molar-refractivity contribution in [1.29, 1.82) is 0 Å². The molecule has 0 aliphatic carbocycles. The van der Waals surface area contributed by atoms with E-state index in [1.165, 1.54) is 5.56 Å². The highest BCUT2D eigenvalue weighted by Crippen LogP contribution is 2.13. The Morgan fingerprint density at radius 2 is 1.86 bits per heavy atom. The van der Waals surface area contributed by atoms with Crippen LogP contribution < -0.4 is 0 Å². The molecule has 0 aliphatic heterocycles. The number of hydrogen-bond donors (Lipinski definition) is 1. The first-order valence-corrected chi connectivity index (χ1v) is 5.90. The van der Waals surface area contributed by atoms with Crippen molar-refractivity contribution in [1.82, 2.24) is 0 Å². The van der Waals surface area contributed by atoms with Crippen LogP contribution in [0.1, 0.15) is 31.7 Å². The fraction of sp³-hybridized carbons (Fsp3) is 0.500. The normalized spacial score (nSPS) is 12.8. The second-order valence-corrected chi connectivity index (χ2v) is 4.64. The zero-order valence-corrected chi connectivity index (χ0v) is 10.1. The molecule has 2 heteroatoms. The van der Waals surface area contributed by atoms with Crippen LogP contribution in [0.5, 0.6) is 0 Å². The first kappa shape index (κ1) is 11.7. The molecule has 0 bridgehead atoms. The summed E-state index contributed by atoms with van der Waals surface area (Å²) in [6, 6.07) is 8.44. The van der Waals surface area contributed by atoms with Crippen LogP contribution >= 0.6 is 15.9 Å². The number of rotatable bonds is 5. The van der Waals surface area contributed by atoms with E-state index in [0.29, 0.717) is 0 Å². The quantitative estimate of drug-likeness (QED) is 0.800. The van der Waals surface area contributed by atoms with Gasteiger partial charge in [0.15, 0.2) is 0 Å². The molecule has 0 heterocycles. The Kier molecular flexibility index (Phi) is 5.20. The number of aryl methyl sites for hydroxylation is 1. The van der Waals surface area contributed by atoms with Gasteiger partial charge in [0.2, 0.25) is 0 Å². The molecular weight excluding hydrogens is 240 g/mol. The molecule has 0 saturated heterocycles. The molecular formula is C12H17BrO. The highest BCUT2D eigenvalue weighted by atomic mass is 79.9. The molecule has 0 aromatic heterocycles. The SMILES string of the molecule is C[C@H](O)CCCCc1ccc(Br)cc1. The molecule has 1 atom stereocenters. The van der Waals surface area contributed by atoms with E-state index in [4.69, 9.17) is 5.11 Å². The lowest BCUT2D eigenvalue weighted by Crippen LogP contribution is -1.98. The second-order valence-electron chi connectivity index (χ2n) is 3.72. The molecule has 1 aromatic rings. The first-order chi connectivity index (χ1) is 6.68. The Bertz CT molecular complexity index is 254. The smallest absolute Gasteiger partial charge is 0.0512 e. The van der Waals surface area contributed by atoms with Gasteiger partial charge in [-0.3, -0.25) is 0 Å². The van der Waals surface area contributed by atoms with Gasteiger partial charge < -0.3 is 5.11 Å². The Labute approximate surface area is 94.3 Å². The van der Waals surface area contributed by atoms with Crippen molar-refractivity contribution in [2.45, 2.75) is 38.7 Å². The van der Waals surface area contributed by atoms with Gasteiger partial charge in [-0.05, 0) is 43.9 Å². The van der Waals surface area contributed by atoms with Gasteiger partial charge in [-0.25, -0.2) is 0 Å². The monoisotopic (exact) mass is 256 g/mol. The number of aliphatic hydroxyl groups excluding tert-OH is 1. The van der Waals surface area contributed by atoms with Crippen molar-refractivity contribution >= 4 is 15.9 Å². The molecule has 1 N–H and O–H groups in total. The van der Waals surface area contributed by atoms with Crippen LogP contribution in [0.2, 0.25) is 0 Å². The predicted octanol–water partition coefficient (Wildman–Crippen LogP) is 3.54. The molecule has 1 rings (SSSR count). The van der Waals surface area contributed by atoms with Gasteiger partial charge in [0.1, 0.15) is 0 Å². The summed E-state index contributed by atoms with van der Waals surface area (Å²) in [5.74, 6) is 0. The van der Waals surface area contributed by atoms with Crippen LogP contribution in [0.15, 0.2) is 28.7 Å². The Balaban J connectivity index is 2.21. The summed E-state index contributed by atoms with van der Waals surface area (Å²) in [4.78, 5) is 0. The number of hydrogen-bond acceptors (Lipinski definition) is 1. The molecule has 1 nitrogen and oxygen atoms in total. The van der Waals surface area contributed by atoms with E-state index in [1.807, 2.05) is 6.92 Å². The highest BCUT2D eigenvalue weighted by Gasteiger charge is 1.97. The summed E-state index contributed by atoms with van der Waals surface area (Å²) in [6.07, 6.45) is 4.14. The second kappa shape index (κ2) is 6.20. The lowest BCUT2D eigenvalue weighted by Gasteiger charge is -2.04. The van der Waals surface area contributed by atoms with Crippen molar-refractivity contribution in [2.24, 2.45) is 0 Å². The lowest BCUT2D eigenvalue weighted by molar-refractivity contribution is 0.180. The van der Waals surface area contributed by atoms with Gasteiger partial charge in [-0.1, -0.05) is 34.5 Å². The van der Waals surface area contributed by atoms with Crippen LogP contribution in [0.3, 0.4) is 0 Å². The molecule has 0 radical (unpaired) electrons. The maximum absolute atomic E-state index is 9.08.